The lowest BCUT2D eigenvalue weighted by Crippen LogP contribution is -2.54. The molecule has 3 aliphatic carbocycles. The van der Waals surface area contributed by atoms with Gasteiger partial charge in [-0.05, 0) is 103 Å². The van der Waals surface area contributed by atoms with Gasteiger partial charge in [-0.25, -0.2) is 0 Å². The Morgan fingerprint density at radius 2 is 2.03 bits per heavy atom. The minimum absolute atomic E-state index is 0.0110. The first-order chi connectivity index (χ1) is 16.8. The number of rotatable bonds is 10. The first-order valence-corrected chi connectivity index (χ1v) is 14.1. The van der Waals surface area contributed by atoms with Crippen LogP contribution in [0, 0.1) is 22.7 Å². The highest BCUT2D eigenvalue weighted by molar-refractivity contribution is 5.75. The van der Waals surface area contributed by atoms with Crippen LogP contribution in [-0.2, 0) is 11.2 Å². The number of aliphatic hydroxyl groups excluding tert-OH is 1. The van der Waals surface area contributed by atoms with Crippen molar-refractivity contribution in [3.05, 3.63) is 42.0 Å². The number of benzene rings is 1. The summed E-state index contributed by atoms with van der Waals surface area (Å²) in [6, 6.07) is 5.99. The third kappa shape index (κ3) is 4.80. The molecule has 4 nitrogen and oxygen atoms in total. The van der Waals surface area contributed by atoms with Crippen molar-refractivity contribution in [1.82, 2.24) is 4.90 Å². The number of aliphatic hydroxyl groups is 1. The number of hydrogen-bond acceptors (Lipinski definition) is 3. The second-order valence-corrected chi connectivity index (χ2v) is 12.1. The predicted octanol–water partition coefficient (Wildman–Crippen LogP) is 6.60. The molecule has 1 aromatic rings. The quantitative estimate of drug-likeness (QED) is 0.292. The van der Waals surface area contributed by atoms with E-state index >= 15 is 0 Å². The summed E-state index contributed by atoms with van der Waals surface area (Å²) in [6.07, 6.45) is 14.2. The summed E-state index contributed by atoms with van der Waals surface area (Å²) in [5.41, 5.74) is 2.65. The highest BCUT2D eigenvalue weighted by Gasteiger charge is 2.63. The van der Waals surface area contributed by atoms with Crippen LogP contribution < -0.4 is 0 Å². The van der Waals surface area contributed by atoms with Crippen molar-refractivity contribution in [2.75, 3.05) is 13.6 Å². The second-order valence-electron chi connectivity index (χ2n) is 12.1. The van der Waals surface area contributed by atoms with Crippen molar-refractivity contribution in [2.24, 2.45) is 22.7 Å². The molecule has 0 unspecified atom stereocenters. The van der Waals surface area contributed by atoms with Crippen LogP contribution in [0.15, 0.2) is 30.9 Å². The van der Waals surface area contributed by atoms with E-state index in [0.717, 1.165) is 77.2 Å². The van der Waals surface area contributed by atoms with Gasteiger partial charge < -0.3 is 15.1 Å². The Bertz CT molecular complexity index is 912. The van der Waals surface area contributed by atoms with Gasteiger partial charge in [-0.1, -0.05) is 45.3 Å². The van der Waals surface area contributed by atoms with Crippen molar-refractivity contribution in [2.45, 2.75) is 103 Å². The fourth-order valence-electron chi connectivity index (χ4n) is 8.26. The van der Waals surface area contributed by atoms with Gasteiger partial charge in [0, 0.05) is 20.0 Å². The number of unbranched alkanes of at least 4 members (excludes halogenated alkanes) is 3. The summed E-state index contributed by atoms with van der Waals surface area (Å²) in [5, 5.41) is 21.3. The number of aryl methyl sites for hydroxylation is 1. The number of nitrogens with zero attached hydrogens (tertiary/aromatic N) is 1. The van der Waals surface area contributed by atoms with Gasteiger partial charge in [0.25, 0.3) is 0 Å². The van der Waals surface area contributed by atoms with Crippen LogP contribution in [0.3, 0.4) is 0 Å². The molecule has 35 heavy (non-hydrogen) atoms. The zero-order valence-electron chi connectivity index (χ0n) is 22.3. The van der Waals surface area contributed by atoms with Crippen LogP contribution in [0.1, 0.15) is 102 Å². The maximum Gasteiger partial charge on any atom is 0.222 e. The molecular formula is C31H47NO3. The van der Waals surface area contributed by atoms with Gasteiger partial charge >= 0.3 is 0 Å². The first-order valence-electron chi connectivity index (χ1n) is 14.1. The van der Waals surface area contributed by atoms with E-state index in [1.54, 1.807) is 0 Å². The number of phenolic OH excluding ortho intramolecular Hbond substituents is 1. The largest absolute Gasteiger partial charge is 0.508 e. The number of fused-ring (bicyclic) bond motifs is 5. The molecule has 0 aliphatic heterocycles. The summed E-state index contributed by atoms with van der Waals surface area (Å²) < 4.78 is 0. The average Bonchev–Trinajstić information content (AvgIpc) is 3.15. The predicted molar refractivity (Wildman–Crippen MR) is 142 cm³/mol. The van der Waals surface area contributed by atoms with Gasteiger partial charge in [-0.3, -0.25) is 4.79 Å². The standard InChI is InChI=1S/C31H47NO3/c1-5-7-19-32(4)28(35)12-10-8-9-11-23-21-30(3)26(15-16-27(30)34)31(6-2)18-17-22-20-24(33)13-14-25(22)29(23)31/h6,13-14,20,23,26-27,29,33-34H,2,5,7-12,15-19,21H2,1,3-4H3/t23-,26+,27-,29+,30-,31-/m0/s1. The molecule has 0 heterocycles. The van der Waals surface area contributed by atoms with Crippen molar-refractivity contribution < 1.29 is 15.0 Å². The number of phenols is 1. The fraction of sp³-hybridized carbons (Fsp3) is 0.710. The first kappa shape index (κ1) is 26.3. The van der Waals surface area contributed by atoms with E-state index in [0.29, 0.717) is 29.9 Å². The molecule has 2 fully saturated rings. The molecule has 1 aromatic carbocycles. The lowest BCUT2D eigenvalue weighted by molar-refractivity contribution is -0.130. The van der Waals surface area contributed by atoms with E-state index in [9.17, 15) is 15.0 Å². The van der Waals surface area contributed by atoms with Crippen molar-refractivity contribution in [3.8, 4) is 5.75 Å². The van der Waals surface area contributed by atoms with E-state index in [4.69, 9.17) is 0 Å². The number of aromatic hydroxyl groups is 1. The Labute approximate surface area is 212 Å². The van der Waals surface area contributed by atoms with Crippen LogP contribution in [0.4, 0.5) is 0 Å². The molecule has 4 heteroatoms. The van der Waals surface area contributed by atoms with Gasteiger partial charge in [0.2, 0.25) is 5.91 Å². The summed E-state index contributed by atoms with van der Waals surface area (Å²) in [4.78, 5) is 14.3. The second kappa shape index (κ2) is 10.7. The highest BCUT2D eigenvalue weighted by atomic mass is 16.3. The third-order valence-corrected chi connectivity index (χ3v) is 10.1. The molecule has 194 valence electrons. The van der Waals surface area contributed by atoms with Gasteiger partial charge in [0.1, 0.15) is 5.75 Å². The van der Waals surface area contributed by atoms with Crippen LogP contribution in [-0.4, -0.2) is 40.7 Å². The van der Waals surface area contributed by atoms with E-state index in [2.05, 4.69) is 32.6 Å². The van der Waals surface area contributed by atoms with E-state index in [1.165, 1.54) is 11.1 Å². The molecule has 0 aromatic heterocycles. The number of amides is 1. The lowest BCUT2D eigenvalue weighted by atomic mass is 9.44. The van der Waals surface area contributed by atoms with Crippen LogP contribution in [0.25, 0.3) is 0 Å². The van der Waals surface area contributed by atoms with Crippen LogP contribution in [0.5, 0.6) is 5.75 Å². The third-order valence-electron chi connectivity index (χ3n) is 10.1. The molecule has 2 N–H and O–H groups in total. The monoisotopic (exact) mass is 481 g/mol. The Morgan fingerprint density at radius 1 is 1.23 bits per heavy atom. The van der Waals surface area contributed by atoms with E-state index in [1.807, 2.05) is 24.1 Å². The Kier molecular flexibility index (Phi) is 8.00. The molecule has 0 radical (unpaired) electrons. The Morgan fingerprint density at radius 3 is 2.77 bits per heavy atom. The molecule has 1 amide bonds. The summed E-state index contributed by atoms with van der Waals surface area (Å²) in [6.45, 7) is 9.75. The number of hydrogen-bond donors (Lipinski definition) is 2. The van der Waals surface area contributed by atoms with Crippen molar-refractivity contribution in [1.29, 1.82) is 0 Å². The topological polar surface area (TPSA) is 60.8 Å². The van der Waals surface area contributed by atoms with Crippen molar-refractivity contribution in [3.63, 3.8) is 0 Å². The average molecular weight is 482 g/mol. The molecule has 0 spiro atoms. The van der Waals surface area contributed by atoms with Crippen LogP contribution in [0.2, 0.25) is 0 Å². The summed E-state index contributed by atoms with van der Waals surface area (Å²) >= 11 is 0. The molecule has 3 aliphatic rings. The van der Waals surface area contributed by atoms with Crippen molar-refractivity contribution >= 4 is 5.91 Å². The zero-order valence-corrected chi connectivity index (χ0v) is 22.3. The normalized spacial score (nSPS) is 33.5. The maximum atomic E-state index is 12.4. The number of allylic oxidation sites excluding steroid dienone is 1. The Hall–Kier alpha value is -1.81. The van der Waals surface area contributed by atoms with E-state index in [-0.39, 0.29) is 22.8 Å². The summed E-state index contributed by atoms with van der Waals surface area (Å²) in [7, 11) is 1.93. The molecule has 6 atom stereocenters. The molecule has 4 rings (SSSR count). The van der Waals surface area contributed by atoms with Gasteiger partial charge in [0.15, 0.2) is 0 Å². The molecule has 0 saturated heterocycles. The van der Waals surface area contributed by atoms with E-state index < -0.39 is 0 Å². The Balaban J connectivity index is 1.49. The fourth-order valence-corrected chi connectivity index (χ4v) is 8.26. The SMILES string of the molecule is C=C[C@@]12CCc3cc(O)ccc3[C@H]1[C@@H](CCCCCC(=O)N(C)CCCC)C[C@@]1(C)[C@H]2CC[C@@H]1O. The number of carbonyl (C=O) groups excluding carboxylic acids is 1. The maximum absolute atomic E-state index is 12.4. The van der Waals surface area contributed by atoms with Crippen LogP contribution >= 0.6 is 0 Å². The van der Waals surface area contributed by atoms with Gasteiger partial charge in [-0.2, -0.15) is 0 Å². The highest BCUT2D eigenvalue weighted by Crippen LogP contribution is 2.69. The minimum atomic E-state index is -0.231. The van der Waals surface area contributed by atoms with Gasteiger partial charge in [0.05, 0.1) is 6.10 Å². The molecular weight excluding hydrogens is 434 g/mol. The molecule has 0 bridgehead atoms. The number of carbonyl (C=O) groups is 1. The smallest absolute Gasteiger partial charge is 0.222 e. The van der Waals surface area contributed by atoms with Gasteiger partial charge in [-0.15, -0.1) is 6.58 Å². The zero-order chi connectivity index (χ0) is 25.2. The minimum Gasteiger partial charge on any atom is -0.508 e. The summed E-state index contributed by atoms with van der Waals surface area (Å²) in [5.74, 6) is 1.97. The molecule has 2 saturated carbocycles. The lowest BCUT2D eigenvalue weighted by Gasteiger charge is -2.60.